The van der Waals surface area contributed by atoms with Crippen LogP contribution < -0.4 is 0 Å². The third-order valence-electron chi connectivity index (χ3n) is 4.66. The highest BCUT2D eigenvalue weighted by Crippen LogP contribution is 2.09. The molecular formula is C23H46O3. The fourth-order valence-corrected chi connectivity index (χ4v) is 3.00. The van der Waals surface area contributed by atoms with Crippen molar-refractivity contribution in [3.8, 4) is 0 Å². The molecule has 0 aliphatic rings. The first-order chi connectivity index (χ1) is 12.9. The van der Waals surface area contributed by atoms with Crippen molar-refractivity contribution in [2.24, 2.45) is 0 Å². The summed E-state index contributed by atoms with van der Waals surface area (Å²) in [7, 11) is 1.74. The number of rotatable bonds is 23. The molecule has 0 amide bonds. The van der Waals surface area contributed by atoms with Crippen molar-refractivity contribution in [1.29, 1.82) is 0 Å². The second-order valence-corrected chi connectivity index (χ2v) is 7.24. The van der Waals surface area contributed by atoms with Crippen molar-refractivity contribution in [3.05, 3.63) is 12.7 Å². The van der Waals surface area contributed by atoms with Crippen molar-refractivity contribution < 1.29 is 14.2 Å². The minimum Gasteiger partial charge on any atom is -0.385 e. The Morgan fingerprint density at radius 2 is 0.885 bits per heavy atom. The molecule has 0 N–H and O–H groups in total. The van der Waals surface area contributed by atoms with Crippen LogP contribution in [0.15, 0.2) is 12.7 Å². The molecule has 26 heavy (non-hydrogen) atoms. The highest BCUT2D eigenvalue weighted by molar-refractivity contribution is 4.65. The van der Waals surface area contributed by atoms with Gasteiger partial charge in [-0.25, -0.2) is 0 Å². The Labute approximate surface area is 163 Å². The summed E-state index contributed by atoms with van der Waals surface area (Å²) in [5, 5.41) is 0. The van der Waals surface area contributed by atoms with Gasteiger partial charge in [-0.3, -0.25) is 0 Å². The van der Waals surface area contributed by atoms with Crippen molar-refractivity contribution >= 4 is 0 Å². The highest BCUT2D eigenvalue weighted by atomic mass is 16.5. The largest absolute Gasteiger partial charge is 0.385 e. The second kappa shape index (κ2) is 24.6. The zero-order valence-corrected chi connectivity index (χ0v) is 17.7. The Bertz CT molecular complexity index is 256. The summed E-state index contributed by atoms with van der Waals surface area (Å²) in [5.41, 5.74) is 0. The number of unbranched alkanes of at least 4 members (excludes halogenated alkanes) is 12. The Morgan fingerprint density at radius 1 is 0.500 bits per heavy atom. The lowest BCUT2D eigenvalue weighted by Crippen LogP contribution is -2.00. The van der Waals surface area contributed by atoms with Gasteiger partial charge < -0.3 is 14.2 Å². The Morgan fingerprint density at radius 3 is 1.31 bits per heavy atom. The van der Waals surface area contributed by atoms with Crippen LogP contribution in [0.25, 0.3) is 0 Å². The van der Waals surface area contributed by atoms with Crippen LogP contribution >= 0.6 is 0 Å². The van der Waals surface area contributed by atoms with Crippen LogP contribution in [0.5, 0.6) is 0 Å². The average molecular weight is 371 g/mol. The lowest BCUT2D eigenvalue weighted by molar-refractivity contribution is 0.0999. The van der Waals surface area contributed by atoms with E-state index in [1.165, 1.54) is 89.9 Å². The van der Waals surface area contributed by atoms with Gasteiger partial charge in [-0.2, -0.15) is 0 Å². The van der Waals surface area contributed by atoms with Crippen LogP contribution in [0.1, 0.15) is 96.3 Å². The minimum absolute atomic E-state index is 0.804. The molecule has 0 unspecified atom stereocenters. The van der Waals surface area contributed by atoms with Crippen LogP contribution in [0.3, 0.4) is 0 Å². The van der Waals surface area contributed by atoms with E-state index >= 15 is 0 Å². The van der Waals surface area contributed by atoms with Crippen molar-refractivity contribution in [1.82, 2.24) is 0 Å². The summed E-state index contributed by atoms with van der Waals surface area (Å²) >= 11 is 0. The van der Waals surface area contributed by atoms with Gasteiger partial charge in [-0.15, -0.1) is 6.58 Å². The Balaban J connectivity index is 2.96. The molecule has 0 aliphatic carbocycles. The van der Waals surface area contributed by atoms with Crippen LogP contribution in [0, 0.1) is 0 Å². The molecule has 0 atom stereocenters. The first kappa shape index (κ1) is 25.6. The number of methoxy groups -OCH3 is 1. The van der Waals surface area contributed by atoms with Crippen LogP contribution in [-0.4, -0.2) is 40.1 Å². The van der Waals surface area contributed by atoms with Gasteiger partial charge in [-0.05, 0) is 38.5 Å². The summed E-state index contributed by atoms with van der Waals surface area (Å²) in [6, 6.07) is 0. The van der Waals surface area contributed by atoms with Crippen LogP contribution in [0.2, 0.25) is 0 Å². The van der Waals surface area contributed by atoms with E-state index in [1.54, 1.807) is 7.11 Å². The summed E-state index contributed by atoms with van der Waals surface area (Å²) in [5.74, 6) is 0. The molecule has 3 heteroatoms. The summed E-state index contributed by atoms with van der Waals surface area (Å²) in [4.78, 5) is 0. The van der Waals surface area contributed by atoms with E-state index in [-0.39, 0.29) is 0 Å². The molecule has 0 saturated heterocycles. The third-order valence-corrected chi connectivity index (χ3v) is 4.66. The zero-order chi connectivity index (χ0) is 19.0. The van der Waals surface area contributed by atoms with Gasteiger partial charge in [0.15, 0.2) is 0 Å². The van der Waals surface area contributed by atoms with Gasteiger partial charge >= 0.3 is 0 Å². The zero-order valence-electron chi connectivity index (χ0n) is 17.7. The molecule has 0 heterocycles. The van der Waals surface area contributed by atoms with Crippen molar-refractivity contribution in [2.45, 2.75) is 96.3 Å². The van der Waals surface area contributed by atoms with E-state index in [1.807, 2.05) is 6.08 Å². The molecule has 0 aliphatic heterocycles. The van der Waals surface area contributed by atoms with Gasteiger partial charge in [0.25, 0.3) is 0 Å². The fraction of sp³-hybridized carbons (Fsp3) is 0.913. The third kappa shape index (κ3) is 23.6. The summed E-state index contributed by atoms with van der Waals surface area (Å²) < 4.78 is 16.3. The predicted molar refractivity (Wildman–Crippen MR) is 113 cm³/mol. The molecular weight excluding hydrogens is 324 g/mol. The van der Waals surface area contributed by atoms with Crippen molar-refractivity contribution in [3.63, 3.8) is 0 Å². The second-order valence-electron chi connectivity index (χ2n) is 7.24. The van der Waals surface area contributed by atoms with E-state index in [9.17, 15) is 0 Å². The lowest BCUT2D eigenvalue weighted by Gasteiger charge is -2.05. The van der Waals surface area contributed by atoms with Gasteiger partial charge in [0.05, 0.1) is 0 Å². The number of allylic oxidation sites excluding steroid dienone is 1. The molecule has 0 radical (unpaired) electrons. The van der Waals surface area contributed by atoms with E-state index in [2.05, 4.69) is 6.58 Å². The molecule has 0 spiro atoms. The maximum atomic E-state index is 5.74. The lowest BCUT2D eigenvalue weighted by atomic mass is 10.1. The smallest absolute Gasteiger partial charge is 0.0487 e. The van der Waals surface area contributed by atoms with E-state index < -0.39 is 0 Å². The first-order valence-electron chi connectivity index (χ1n) is 11.2. The van der Waals surface area contributed by atoms with Gasteiger partial charge in [0, 0.05) is 40.1 Å². The minimum atomic E-state index is 0.804. The van der Waals surface area contributed by atoms with Gasteiger partial charge in [0.1, 0.15) is 0 Å². The normalized spacial score (nSPS) is 11.1. The summed E-state index contributed by atoms with van der Waals surface area (Å²) in [6.07, 6.45) is 21.3. The molecule has 0 aromatic rings. The maximum absolute atomic E-state index is 5.74. The SMILES string of the molecule is C=CCCCCCCCCCOCCCCCCCCOCCCOC. The number of hydrogen-bond acceptors (Lipinski definition) is 3. The fourth-order valence-electron chi connectivity index (χ4n) is 3.00. The van der Waals surface area contributed by atoms with E-state index in [0.717, 1.165) is 39.5 Å². The Hall–Kier alpha value is -0.380. The van der Waals surface area contributed by atoms with Gasteiger partial charge in [0.2, 0.25) is 0 Å². The number of hydrogen-bond donors (Lipinski definition) is 0. The molecule has 0 fully saturated rings. The monoisotopic (exact) mass is 370 g/mol. The molecule has 0 saturated carbocycles. The van der Waals surface area contributed by atoms with Crippen LogP contribution in [0.4, 0.5) is 0 Å². The molecule has 0 bridgehead atoms. The Kier molecular flexibility index (Phi) is 24.3. The molecule has 0 aromatic carbocycles. The highest BCUT2D eigenvalue weighted by Gasteiger charge is 1.95. The average Bonchev–Trinajstić information content (AvgIpc) is 2.66. The number of ether oxygens (including phenoxy) is 3. The standard InChI is InChI=1S/C23H46O3/c1-3-4-5-6-7-8-9-12-15-20-25-21-16-13-10-11-14-17-22-26-23-18-19-24-2/h3H,1,4-23H2,2H3. The first-order valence-corrected chi connectivity index (χ1v) is 11.2. The molecule has 156 valence electrons. The van der Waals surface area contributed by atoms with E-state index in [4.69, 9.17) is 14.2 Å². The molecule has 3 nitrogen and oxygen atoms in total. The summed E-state index contributed by atoms with van der Waals surface area (Å²) in [6.45, 7) is 8.21. The maximum Gasteiger partial charge on any atom is 0.0487 e. The quantitative estimate of drug-likeness (QED) is 0.148. The van der Waals surface area contributed by atoms with Gasteiger partial charge in [-0.1, -0.05) is 63.9 Å². The topological polar surface area (TPSA) is 27.7 Å². The predicted octanol–water partition coefficient (Wildman–Crippen LogP) is 6.70. The van der Waals surface area contributed by atoms with Crippen molar-refractivity contribution in [2.75, 3.05) is 40.1 Å². The van der Waals surface area contributed by atoms with Crippen LogP contribution in [-0.2, 0) is 14.2 Å². The molecule has 0 rings (SSSR count). The molecule has 0 aromatic heterocycles. The van der Waals surface area contributed by atoms with E-state index in [0.29, 0.717) is 0 Å².